The number of rotatable bonds is 26. The molecule has 0 aromatic heterocycles. The highest BCUT2D eigenvalue weighted by atomic mass is 16.2. The Morgan fingerprint density at radius 2 is 1.00 bits per heavy atom. The molecule has 1 atom stereocenters. The Morgan fingerprint density at radius 1 is 0.658 bits per heavy atom. The third kappa shape index (κ3) is 36.8. The normalized spacial score (nSPS) is 11.9. The van der Waals surface area contributed by atoms with Crippen molar-refractivity contribution in [2.75, 3.05) is 20.6 Å². The molecule has 0 fully saturated rings. The number of allylic oxidation sites excluding steroid dienone is 2. The minimum atomic E-state index is -0.333. The second-order valence-corrected chi connectivity index (χ2v) is 11.4. The lowest BCUT2D eigenvalue weighted by molar-refractivity contribution is -0.122. The Kier molecular flexibility index (Phi) is 32.5. The average Bonchev–Trinajstić information content (AvgIpc) is 2.84. The number of nitrogens with one attached hydrogen (secondary N) is 1. The van der Waals surface area contributed by atoms with Gasteiger partial charge in [0.25, 0.3) is 0 Å². The van der Waals surface area contributed by atoms with E-state index in [-0.39, 0.29) is 11.8 Å². The van der Waals surface area contributed by atoms with Crippen LogP contribution in [0.5, 0.6) is 0 Å². The predicted octanol–water partition coefficient (Wildman–Crippen LogP) is 8.70. The lowest BCUT2D eigenvalue weighted by Crippen LogP contribution is -2.40. The van der Waals surface area contributed by atoms with E-state index in [1.165, 1.54) is 135 Å². The Morgan fingerprint density at radius 3 is 1.37 bits per heavy atom. The molecule has 2 amide bonds. The molecule has 5 heteroatoms. The molecule has 0 saturated carbocycles. The van der Waals surface area contributed by atoms with Crippen LogP contribution in [0.25, 0.3) is 0 Å². The van der Waals surface area contributed by atoms with Crippen LogP contribution in [0.2, 0.25) is 0 Å². The Bertz CT molecular complexity index is 530. The molecule has 0 radical (unpaired) electrons. The van der Waals surface area contributed by atoms with Crippen molar-refractivity contribution in [3.05, 3.63) is 12.2 Å². The molecular formula is C33H67N3O2. The number of nitrogens with zero attached hydrogens (tertiary/aromatic N) is 1. The first-order valence-corrected chi connectivity index (χ1v) is 16.2. The highest BCUT2D eigenvalue weighted by Gasteiger charge is 2.12. The zero-order valence-corrected chi connectivity index (χ0v) is 26.3. The summed E-state index contributed by atoms with van der Waals surface area (Å²) < 4.78 is 0. The third-order valence-corrected chi connectivity index (χ3v) is 6.80. The molecule has 226 valence electrons. The topological polar surface area (TPSA) is 75.4 Å². The fourth-order valence-corrected chi connectivity index (χ4v) is 4.66. The molecule has 0 aromatic rings. The highest BCUT2D eigenvalue weighted by Crippen LogP contribution is 2.15. The van der Waals surface area contributed by atoms with Crippen molar-refractivity contribution < 1.29 is 9.59 Å². The molecule has 5 nitrogen and oxygen atoms in total. The van der Waals surface area contributed by atoms with E-state index >= 15 is 0 Å². The number of carbonyl (C=O) groups excluding carboxylic acids is 2. The van der Waals surface area contributed by atoms with Crippen LogP contribution >= 0.6 is 0 Å². The fourth-order valence-electron chi connectivity index (χ4n) is 4.66. The van der Waals surface area contributed by atoms with Gasteiger partial charge in [0.05, 0.1) is 6.54 Å². The van der Waals surface area contributed by atoms with Gasteiger partial charge in [0.2, 0.25) is 11.8 Å². The van der Waals surface area contributed by atoms with Gasteiger partial charge in [-0.2, -0.15) is 0 Å². The maximum atomic E-state index is 12.3. The second-order valence-electron chi connectivity index (χ2n) is 11.4. The second kappa shape index (κ2) is 31.9. The van der Waals surface area contributed by atoms with Crippen molar-refractivity contribution >= 4 is 11.8 Å². The van der Waals surface area contributed by atoms with Crippen LogP contribution in [-0.2, 0) is 9.59 Å². The number of nitrogens with two attached hydrogens (primary N) is 1. The molecule has 38 heavy (non-hydrogen) atoms. The zero-order chi connectivity index (χ0) is 28.7. The summed E-state index contributed by atoms with van der Waals surface area (Å²) in [5.41, 5.74) is 4.47. The zero-order valence-electron chi connectivity index (χ0n) is 26.3. The van der Waals surface area contributed by atoms with Gasteiger partial charge < -0.3 is 16.0 Å². The summed E-state index contributed by atoms with van der Waals surface area (Å²) in [5.74, 6) is -0.148. The van der Waals surface area contributed by atoms with Crippen LogP contribution in [0.3, 0.4) is 0 Å². The highest BCUT2D eigenvalue weighted by molar-refractivity contribution is 5.78. The van der Waals surface area contributed by atoms with E-state index < -0.39 is 0 Å². The summed E-state index contributed by atoms with van der Waals surface area (Å²) >= 11 is 0. The number of hydrogen-bond donors (Lipinski definition) is 2. The van der Waals surface area contributed by atoms with Gasteiger partial charge in [-0.3, -0.25) is 9.59 Å². The number of unbranched alkanes of at least 4 members (excludes halogenated alkanes) is 17. The first-order chi connectivity index (χ1) is 18.3. The Hall–Kier alpha value is -1.36. The summed E-state index contributed by atoms with van der Waals surface area (Å²) in [4.78, 5) is 23.5. The smallest absolute Gasteiger partial charge is 0.234 e. The maximum Gasteiger partial charge on any atom is 0.234 e. The number of carbonyl (C=O) groups is 2. The van der Waals surface area contributed by atoms with Gasteiger partial charge in [-0.15, -0.1) is 0 Å². The molecular weight excluding hydrogens is 470 g/mol. The van der Waals surface area contributed by atoms with Crippen LogP contribution in [-0.4, -0.2) is 43.4 Å². The van der Waals surface area contributed by atoms with Gasteiger partial charge in [-0.25, -0.2) is 0 Å². The molecule has 0 heterocycles. The number of primary amides is 1. The van der Waals surface area contributed by atoms with Crippen molar-refractivity contribution in [2.45, 2.75) is 168 Å². The fraction of sp³-hybridized carbons (Fsp3) is 0.879. The lowest BCUT2D eigenvalue weighted by atomic mass is 9.99. The van der Waals surface area contributed by atoms with E-state index in [1.807, 2.05) is 19.0 Å². The van der Waals surface area contributed by atoms with Crippen molar-refractivity contribution in [3.8, 4) is 0 Å². The molecule has 0 saturated heterocycles. The van der Waals surface area contributed by atoms with E-state index in [0.29, 0.717) is 12.6 Å². The van der Waals surface area contributed by atoms with E-state index in [1.54, 1.807) is 0 Å². The molecule has 3 N–H and O–H groups in total. The quantitative estimate of drug-likeness (QED) is 0.0855. The number of likely N-dealkylation sites (N-methyl/N-ethyl adjacent to an activating group) is 1. The van der Waals surface area contributed by atoms with Crippen molar-refractivity contribution in [1.29, 1.82) is 0 Å². The van der Waals surface area contributed by atoms with E-state index in [0.717, 1.165) is 12.8 Å². The molecule has 0 aromatic carbocycles. The van der Waals surface area contributed by atoms with Crippen LogP contribution < -0.4 is 11.1 Å². The largest absolute Gasteiger partial charge is 0.370 e. The van der Waals surface area contributed by atoms with E-state index in [9.17, 15) is 9.59 Å². The first-order valence-electron chi connectivity index (χ1n) is 16.2. The average molecular weight is 538 g/mol. The third-order valence-electron chi connectivity index (χ3n) is 6.80. The van der Waals surface area contributed by atoms with Gasteiger partial charge in [0.15, 0.2) is 0 Å². The van der Waals surface area contributed by atoms with Crippen LogP contribution in [0.4, 0.5) is 0 Å². The summed E-state index contributed by atoms with van der Waals surface area (Å²) in [6, 6.07) is 0.369. The number of hydrogen-bond acceptors (Lipinski definition) is 3. The van der Waals surface area contributed by atoms with Gasteiger partial charge in [-0.1, -0.05) is 129 Å². The lowest BCUT2D eigenvalue weighted by Gasteiger charge is -2.20. The summed E-state index contributed by atoms with van der Waals surface area (Å²) in [6.07, 6.45) is 33.9. The van der Waals surface area contributed by atoms with Crippen LogP contribution in [0.1, 0.15) is 162 Å². The van der Waals surface area contributed by atoms with Crippen LogP contribution in [0.15, 0.2) is 12.2 Å². The van der Waals surface area contributed by atoms with Gasteiger partial charge in [-0.05, 0) is 52.6 Å². The minimum absolute atomic E-state index is 0.186. The molecule has 0 aliphatic rings. The van der Waals surface area contributed by atoms with Crippen molar-refractivity contribution in [1.82, 2.24) is 10.2 Å². The van der Waals surface area contributed by atoms with Gasteiger partial charge in [0, 0.05) is 13.0 Å². The summed E-state index contributed by atoms with van der Waals surface area (Å²) in [5, 5.41) is 3.32. The maximum absolute atomic E-state index is 12.3. The monoisotopic (exact) mass is 538 g/mol. The SMILES string of the molecule is CC(N)=O.CCCCCCCC/C=C\CCCCCCCC(CCCCCCCCC)NC(=O)CN(C)C. The van der Waals surface area contributed by atoms with Gasteiger partial charge in [0.1, 0.15) is 0 Å². The number of amides is 2. The van der Waals surface area contributed by atoms with E-state index in [2.05, 4.69) is 37.0 Å². The minimum Gasteiger partial charge on any atom is -0.370 e. The molecule has 0 bridgehead atoms. The molecule has 0 spiro atoms. The summed E-state index contributed by atoms with van der Waals surface area (Å²) in [6.45, 7) is 6.36. The summed E-state index contributed by atoms with van der Waals surface area (Å²) in [7, 11) is 3.93. The van der Waals surface area contributed by atoms with Gasteiger partial charge >= 0.3 is 0 Å². The Balaban J connectivity index is 0. The predicted molar refractivity (Wildman–Crippen MR) is 167 cm³/mol. The molecule has 0 rings (SSSR count). The molecule has 1 unspecified atom stereocenters. The molecule has 0 aliphatic heterocycles. The van der Waals surface area contributed by atoms with Crippen LogP contribution in [0, 0.1) is 0 Å². The van der Waals surface area contributed by atoms with E-state index in [4.69, 9.17) is 0 Å². The molecule has 0 aliphatic carbocycles. The Labute approximate surface area is 238 Å². The van der Waals surface area contributed by atoms with Crippen molar-refractivity contribution in [3.63, 3.8) is 0 Å². The standard InChI is InChI=1S/C31H62N2O.C2H5NO/c1-5-7-9-11-13-14-15-16-17-18-19-20-22-24-26-28-30(32-31(34)29-33(3)4)27-25-23-21-12-10-8-6-2;1-2(3)4/h16-17,30H,5-15,18-29H2,1-4H3,(H,32,34);1H3,(H2,3,4)/b17-16-;. The van der Waals surface area contributed by atoms with Crippen molar-refractivity contribution in [2.24, 2.45) is 5.73 Å². The first kappa shape index (κ1) is 38.8.